The average molecular weight is 360 g/mol. The molecular weight excluding hydrogens is 339 g/mol. The topological polar surface area (TPSA) is 32.3 Å². The minimum atomic E-state index is -0.369. The normalized spacial score (nSPS) is 13.8. The van der Waals surface area contributed by atoms with Crippen LogP contribution in [0.1, 0.15) is 27.0 Å². The Kier molecular flexibility index (Phi) is 4.99. The third-order valence-corrected chi connectivity index (χ3v) is 4.91. The predicted octanol–water partition coefficient (Wildman–Crippen LogP) is 4.64. The van der Waals surface area contributed by atoms with Crippen LogP contribution < -0.4 is 5.32 Å². The Hall–Kier alpha value is -2.98. The summed E-state index contributed by atoms with van der Waals surface area (Å²) in [5.41, 5.74) is 5.03. The van der Waals surface area contributed by atoms with Gasteiger partial charge in [-0.1, -0.05) is 42.5 Å². The maximum Gasteiger partial charge on any atom is 0.255 e. The van der Waals surface area contributed by atoms with Gasteiger partial charge in [0.1, 0.15) is 5.82 Å². The Labute approximate surface area is 158 Å². The smallest absolute Gasteiger partial charge is 0.255 e. The molecular formula is C23H21FN2O. The fourth-order valence-electron chi connectivity index (χ4n) is 3.48. The van der Waals surface area contributed by atoms with Crippen molar-refractivity contribution in [2.75, 3.05) is 11.9 Å². The number of anilines is 1. The second-order valence-electron chi connectivity index (χ2n) is 6.89. The molecule has 1 aliphatic rings. The van der Waals surface area contributed by atoms with E-state index in [9.17, 15) is 9.18 Å². The molecule has 27 heavy (non-hydrogen) atoms. The van der Waals surface area contributed by atoms with Gasteiger partial charge >= 0.3 is 0 Å². The Balaban J connectivity index is 1.38. The Bertz CT molecular complexity index is 953. The van der Waals surface area contributed by atoms with Crippen molar-refractivity contribution in [2.24, 2.45) is 0 Å². The van der Waals surface area contributed by atoms with Crippen LogP contribution in [0.2, 0.25) is 0 Å². The van der Waals surface area contributed by atoms with Gasteiger partial charge in [-0.2, -0.15) is 0 Å². The third-order valence-electron chi connectivity index (χ3n) is 4.91. The largest absolute Gasteiger partial charge is 0.322 e. The van der Waals surface area contributed by atoms with Gasteiger partial charge in [-0.05, 0) is 53.4 Å². The van der Waals surface area contributed by atoms with Gasteiger partial charge in [0.2, 0.25) is 0 Å². The van der Waals surface area contributed by atoms with Crippen molar-refractivity contribution in [3.63, 3.8) is 0 Å². The van der Waals surface area contributed by atoms with Crippen molar-refractivity contribution in [2.45, 2.75) is 19.5 Å². The van der Waals surface area contributed by atoms with E-state index in [1.54, 1.807) is 12.1 Å². The van der Waals surface area contributed by atoms with Gasteiger partial charge in [0.05, 0.1) is 0 Å². The number of hydrogen-bond acceptors (Lipinski definition) is 2. The van der Waals surface area contributed by atoms with Crippen LogP contribution in [-0.2, 0) is 19.5 Å². The summed E-state index contributed by atoms with van der Waals surface area (Å²) >= 11 is 0. The maximum absolute atomic E-state index is 13.2. The van der Waals surface area contributed by atoms with Gasteiger partial charge in [0, 0.05) is 30.9 Å². The molecule has 3 aromatic carbocycles. The van der Waals surface area contributed by atoms with Crippen LogP contribution >= 0.6 is 0 Å². The Morgan fingerprint density at radius 2 is 1.74 bits per heavy atom. The van der Waals surface area contributed by atoms with E-state index in [1.807, 2.05) is 24.3 Å². The first-order valence-corrected chi connectivity index (χ1v) is 9.12. The molecule has 4 heteroatoms. The fraction of sp³-hybridized carbons (Fsp3) is 0.174. The quantitative estimate of drug-likeness (QED) is 0.735. The number of nitrogens with one attached hydrogen (secondary N) is 1. The van der Waals surface area contributed by atoms with Crippen molar-refractivity contribution in [1.82, 2.24) is 4.90 Å². The van der Waals surface area contributed by atoms with E-state index in [0.29, 0.717) is 11.3 Å². The van der Waals surface area contributed by atoms with Crippen LogP contribution in [0.15, 0.2) is 72.8 Å². The molecule has 0 bridgehead atoms. The average Bonchev–Trinajstić information content (AvgIpc) is 2.68. The fourth-order valence-corrected chi connectivity index (χ4v) is 3.48. The SMILES string of the molecule is O=C(Nc1cccc(F)c1)c1ccc(CN2CCc3ccccc3C2)cc1. The maximum atomic E-state index is 13.2. The number of hydrogen-bond donors (Lipinski definition) is 1. The van der Waals surface area contributed by atoms with E-state index in [1.165, 1.54) is 28.8 Å². The highest BCUT2D eigenvalue weighted by atomic mass is 19.1. The summed E-state index contributed by atoms with van der Waals surface area (Å²) in [5.74, 6) is -0.606. The summed E-state index contributed by atoms with van der Waals surface area (Å²) in [4.78, 5) is 14.7. The Morgan fingerprint density at radius 3 is 2.52 bits per heavy atom. The second-order valence-corrected chi connectivity index (χ2v) is 6.89. The predicted molar refractivity (Wildman–Crippen MR) is 105 cm³/mol. The molecule has 136 valence electrons. The molecule has 0 spiro atoms. The molecule has 0 aromatic heterocycles. The molecule has 0 fully saturated rings. The molecule has 0 atom stereocenters. The summed E-state index contributed by atoms with van der Waals surface area (Å²) in [6.45, 7) is 2.86. The van der Waals surface area contributed by atoms with Gasteiger partial charge in [-0.25, -0.2) is 4.39 Å². The molecule has 3 aromatic rings. The standard InChI is InChI=1S/C23H21FN2O/c24-21-6-3-7-22(14-21)25-23(27)19-10-8-17(9-11-19)15-26-13-12-18-4-1-2-5-20(18)16-26/h1-11,14H,12-13,15-16H2,(H,25,27). The second kappa shape index (κ2) is 7.72. The summed E-state index contributed by atoms with van der Waals surface area (Å²) in [7, 11) is 0. The number of carbonyl (C=O) groups excluding carboxylic acids is 1. The lowest BCUT2D eigenvalue weighted by Crippen LogP contribution is -2.29. The minimum absolute atomic E-state index is 0.237. The monoisotopic (exact) mass is 360 g/mol. The summed E-state index contributed by atoms with van der Waals surface area (Å²) < 4.78 is 13.2. The third kappa shape index (κ3) is 4.23. The first-order chi connectivity index (χ1) is 13.2. The number of benzene rings is 3. The van der Waals surface area contributed by atoms with Crippen LogP contribution in [-0.4, -0.2) is 17.4 Å². The van der Waals surface area contributed by atoms with E-state index in [2.05, 4.69) is 34.5 Å². The number of carbonyl (C=O) groups is 1. The Morgan fingerprint density at radius 1 is 0.963 bits per heavy atom. The summed E-state index contributed by atoms with van der Waals surface area (Å²) in [5, 5.41) is 2.72. The molecule has 0 saturated carbocycles. The van der Waals surface area contributed by atoms with Crippen LogP contribution in [0.4, 0.5) is 10.1 Å². The van der Waals surface area contributed by atoms with Gasteiger partial charge in [0.25, 0.3) is 5.91 Å². The summed E-state index contributed by atoms with van der Waals surface area (Å²) in [6.07, 6.45) is 1.07. The van der Waals surface area contributed by atoms with Crippen molar-refractivity contribution >= 4 is 11.6 Å². The number of amides is 1. The van der Waals surface area contributed by atoms with Gasteiger partial charge in [-0.15, -0.1) is 0 Å². The van der Waals surface area contributed by atoms with E-state index < -0.39 is 0 Å². The molecule has 0 unspecified atom stereocenters. The molecule has 0 radical (unpaired) electrons. The first kappa shape index (κ1) is 17.4. The van der Waals surface area contributed by atoms with Gasteiger partial charge in [0.15, 0.2) is 0 Å². The lowest BCUT2D eigenvalue weighted by atomic mass is 9.99. The first-order valence-electron chi connectivity index (χ1n) is 9.12. The molecule has 1 N–H and O–H groups in total. The van der Waals surface area contributed by atoms with E-state index in [0.717, 1.165) is 26.1 Å². The zero-order valence-electron chi connectivity index (χ0n) is 15.0. The minimum Gasteiger partial charge on any atom is -0.322 e. The van der Waals surface area contributed by atoms with Gasteiger partial charge < -0.3 is 5.32 Å². The number of nitrogens with zero attached hydrogens (tertiary/aromatic N) is 1. The zero-order chi connectivity index (χ0) is 18.6. The number of halogens is 1. The molecule has 4 rings (SSSR count). The van der Waals surface area contributed by atoms with Crippen LogP contribution in [0.5, 0.6) is 0 Å². The number of rotatable bonds is 4. The molecule has 1 amide bonds. The zero-order valence-corrected chi connectivity index (χ0v) is 15.0. The lowest BCUT2D eigenvalue weighted by Gasteiger charge is -2.28. The van der Waals surface area contributed by atoms with Crippen molar-refractivity contribution < 1.29 is 9.18 Å². The molecule has 1 aliphatic heterocycles. The molecule has 3 nitrogen and oxygen atoms in total. The highest BCUT2D eigenvalue weighted by molar-refractivity contribution is 6.04. The lowest BCUT2D eigenvalue weighted by molar-refractivity contribution is 0.102. The molecule has 1 heterocycles. The number of fused-ring (bicyclic) bond motifs is 1. The van der Waals surface area contributed by atoms with Crippen LogP contribution in [0, 0.1) is 5.82 Å². The van der Waals surface area contributed by atoms with E-state index >= 15 is 0 Å². The van der Waals surface area contributed by atoms with Crippen LogP contribution in [0.3, 0.4) is 0 Å². The molecule has 0 saturated heterocycles. The van der Waals surface area contributed by atoms with Crippen molar-refractivity contribution in [1.29, 1.82) is 0 Å². The molecule has 0 aliphatic carbocycles. The van der Waals surface area contributed by atoms with E-state index in [-0.39, 0.29) is 11.7 Å². The van der Waals surface area contributed by atoms with E-state index in [4.69, 9.17) is 0 Å². The summed E-state index contributed by atoms with van der Waals surface area (Å²) in [6, 6.07) is 22.1. The van der Waals surface area contributed by atoms with Crippen LogP contribution in [0.25, 0.3) is 0 Å². The highest BCUT2D eigenvalue weighted by Gasteiger charge is 2.16. The van der Waals surface area contributed by atoms with Gasteiger partial charge in [-0.3, -0.25) is 9.69 Å². The van der Waals surface area contributed by atoms with Crippen molar-refractivity contribution in [3.05, 3.63) is 101 Å². The van der Waals surface area contributed by atoms with Crippen molar-refractivity contribution in [3.8, 4) is 0 Å². The highest BCUT2D eigenvalue weighted by Crippen LogP contribution is 2.20.